The first-order valence-electron chi connectivity index (χ1n) is 6.65. The predicted octanol–water partition coefficient (Wildman–Crippen LogP) is 1.94. The molecule has 0 unspecified atom stereocenters. The molecular weight excluding hydrogens is 214 g/mol. The number of nitrogens with one attached hydrogen (secondary N) is 1. The normalized spacial score (nSPS) is 29.2. The van der Waals surface area contributed by atoms with E-state index in [4.69, 9.17) is 5.73 Å². The van der Waals surface area contributed by atoms with Crippen molar-refractivity contribution >= 4 is 6.03 Å². The second kappa shape index (κ2) is 5.71. The van der Waals surface area contributed by atoms with Gasteiger partial charge in [0, 0.05) is 19.6 Å². The highest BCUT2D eigenvalue weighted by Crippen LogP contribution is 2.35. The molecule has 3 N–H and O–H groups in total. The number of carbonyl (C=O) groups excluding carboxylic acids is 1. The number of hydrogen-bond acceptors (Lipinski definition) is 2. The van der Waals surface area contributed by atoms with E-state index in [0.29, 0.717) is 6.54 Å². The molecule has 0 heterocycles. The molecule has 0 radical (unpaired) electrons. The molecule has 17 heavy (non-hydrogen) atoms. The monoisotopic (exact) mass is 241 g/mol. The maximum absolute atomic E-state index is 12.1. The minimum Gasteiger partial charge on any atom is -0.336 e. The van der Waals surface area contributed by atoms with Crippen molar-refractivity contribution < 1.29 is 4.79 Å². The van der Waals surface area contributed by atoms with Gasteiger partial charge in [-0.3, -0.25) is 0 Å². The van der Waals surface area contributed by atoms with Gasteiger partial charge in [-0.25, -0.2) is 4.79 Å². The van der Waals surface area contributed by atoms with Crippen molar-refractivity contribution in [3.05, 3.63) is 0 Å². The van der Waals surface area contributed by atoms with E-state index >= 15 is 0 Å². The average molecular weight is 241 g/mol. The van der Waals surface area contributed by atoms with Crippen molar-refractivity contribution in [2.24, 2.45) is 11.7 Å². The largest absolute Gasteiger partial charge is 0.336 e. The number of rotatable bonds is 3. The maximum Gasteiger partial charge on any atom is 0.317 e. The maximum atomic E-state index is 12.1. The lowest BCUT2D eigenvalue weighted by Crippen LogP contribution is -2.59. The molecule has 1 aliphatic rings. The summed E-state index contributed by atoms with van der Waals surface area (Å²) < 4.78 is 0. The minimum absolute atomic E-state index is 0.00000283. The highest BCUT2D eigenvalue weighted by molar-refractivity contribution is 5.75. The molecule has 1 aliphatic carbocycles. The van der Waals surface area contributed by atoms with E-state index in [1.54, 1.807) is 0 Å². The molecule has 0 bridgehead atoms. The van der Waals surface area contributed by atoms with Gasteiger partial charge in [-0.05, 0) is 45.4 Å². The SMILES string of the molecule is CC1CCC(CN)(N(C)C(=O)NC(C)C)CC1. The van der Waals surface area contributed by atoms with E-state index in [0.717, 1.165) is 31.6 Å². The van der Waals surface area contributed by atoms with E-state index in [2.05, 4.69) is 12.2 Å². The summed E-state index contributed by atoms with van der Waals surface area (Å²) >= 11 is 0. The third kappa shape index (κ3) is 3.35. The van der Waals surface area contributed by atoms with E-state index in [-0.39, 0.29) is 17.6 Å². The number of nitrogens with two attached hydrogens (primary N) is 1. The van der Waals surface area contributed by atoms with Crippen LogP contribution in [-0.4, -0.2) is 36.1 Å². The first-order valence-corrected chi connectivity index (χ1v) is 6.65. The molecule has 0 aromatic carbocycles. The van der Waals surface area contributed by atoms with Gasteiger partial charge in [0.25, 0.3) is 0 Å². The van der Waals surface area contributed by atoms with Crippen molar-refractivity contribution in [3.63, 3.8) is 0 Å². The Balaban J connectivity index is 2.69. The molecule has 1 fully saturated rings. The summed E-state index contributed by atoms with van der Waals surface area (Å²) in [4.78, 5) is 13.9. The van der Waals surface area contributed by atoms with Crippen LogP contribution in [0.15, 0.2) is 0 Å². The lowest BCUT2D eigenvalue weighted by molar-refractivity contribution is 0.0890. The van der Waals surface area contributed by atoms with E-state index in [1.807, 2.05) is 25.8 Å². The Labute approximate surface area is 105 Å². The zero-order chi connectivity index (χ0) is 13.1. The highest BCUT2D eigenvalue weighted by Gasteiger charge is 2.38. The van der Waals surface area contributed by atoms with Crippen LogP contribution in [0.5, 0.6) is 0 Å². The third-order valence-electron chi connectivity index (χ3n) is 4.01. The Hall–Kier alpha value is -0.770. The number of hydrogen-bond donors (Lipinski definition) is 2. The van der Waals surface area contributed by atoms with Gasteiger partial charge >= 0.3 is 6.03 Å². The van der Waals surface area contributed by atoms with Gasteiger partial charge in [-0.15, -0.1) is 0 Å². The van der Waals surface area contributed by atoms with Crippen molar-refractivity contribution in [1.82, 2.24) is 10.2 Å². The Morgan fingerprint density at radius 2 is 2.00 bits per heavy atom. The number of nitrogens with zero attached hydrogens (tertiary/aromatic N) is 1. The summed E-state index contributed by atoms with van der Waals surface area (Å²) in [5, 5.41) is 2.94. The molecule has 0 aromatic rings. The van der Waals surface area contributed by atoms with Crippen LogP contribution in [0, 0.1) is 5.92 Å². The molecule has 2 amide bonds. The number of carbonyl (C=O) groups is 1. The number of likely N-dealkylation sites (N-methyl/N-ethyl adjacent to an activating group) is 1. The van der Waals surface area contributed by atoms with Gasteiger partial charge in [0.05, 0.1) is 5.54 Å². The molecule has 0 atom stereocenters. The van der Waals surface area contributed by atoms with Crippen LogP contribution < -0.4 is 11.1 Å². The van der Waals surface area contributed by atoms with Crippen molar-refractivity contribution in [1.29, 1.82) is 0 Å². The molecule has 1 rings (SSSR count). The fraction of sp³-hybridized carbons (Fsp3) is 0.923. The minimum atomic E-state index is -0.133. The smallest absolute Gasteiger partial charge is 0.317 e. The number of amides is 2. The molecule has 0 saturated heterocycles. The van der Waals surface area contributed by atoms with Crippen molar-refractivity contribution in [3.8, 4) is 0 Å². The van der Waals surface area contributed by atoms with Crippen molar-refractivity contribution in [2.45, 2.75) is 58.0 Å². The fourth-order valence-corrected chi connectivity index (χ4v) is 2.54. The van der Waals surface area contributed by atoms with Gasteiger partial charge in [-0.1, -0.05) is 6.92 Å². The fourth-order valence-electron chi connectivity index (χ4n) is 2.54. The van der Waals surface area contributed by atoms with Crippen LogP contribution in [0.3, 0.4) is 0 Å². The Bertz CT molecular complexity index is 257. The molecule has 4 heteroatoms. The molecular formula is C13H27N3O. The highest BCUT2D eigenvalue weighted by atomic mass is 16.2. The van der Waals surface area contributed by atoms with Crippen LogP contribution in [0.2, 0.25) is 0 Å². The first kappa shape index (κ1) is 14.3. The van der Waals surface area contributed by atoms with E-state index in [9.17, 15) is 4.79 Å². The summed E-state index contributed by atoms with van der Waals surface area (Å²) in [6.45, 7) is 6.78. The quantitative estimate of drug-likeness (QED) is 0.793. The number of urea groups is 1. The zero-order valence-corrected chi connectivity index (χ0v) is 11.6. The standard InChI is InChI=1S/C13H27N3O/c1-10(2)15-12(17)16(4)13(9-14)7-5-11(3)6-8-13/h10-11H,5-9,14H2,1-4H3,(H,15,17). The Morgan fingerprint density at radius 3 is 2.41 bits per heavy atom. The summed E-state index contributed by atoms with van der Waals surface area (Å²) in [5.74, 6) is 0.760. The van der Waals surface area contributed by atoms with Gasteiger partial charge in [0.1, 0.15) is 0 Å². The zero-order valence-electron chi connectivity index (χ0n) is 11.6. The second-order valence-corrected chi connectivity index (χ2v) is 5.77. The van der Waals surface area contributed by atoms with Gasteiger partial charge < -0.3 is 16.0 Å². The van der Waals surface area contributed by atoms with Crippen molar-refractivity contribution in [2.75, 3.05) is 13.6 Å². The summed E-state index contributed by atoms with van der Waals surface area (Å²) in [6.07, 6.45) is 4.37. The molecule has 0 spiro atoms. The third-order valence-corrected chi connectivity index (χ3v) is 4.01. The summed E-state index contributed by atoms with van der Waals surface area (Å²) in [5.41, 5.74) is 5.80. The van der Waals surface area contributed by atoms with Crippen LogP contribution >= 0.6 is 0 Å². The van der Waals surface area contributed by atoms with Gasteiger partial charge in [0.2, 0.25) is 0 Å². The summed E-state index contributed by atoms with van der Waals surface area (Å²) in [6, 6.07) is 0.169. The van der Waals surface area contributed by atoms with Gasteiger partial charge in [0.15, 0.2) is 0 Å². The molecule has 1 saturated carbocycles. The van der Waals surface area contributed by atoms with Crippen LogP contribution in [0.1, 0.15) is 46.5 Å². The predicted molar refractivity (Wildman–Crippen MR) is 70.8 cm³/mol. The second-order valence-electron chi connectivity index (χ2n) is 5.77. The molecule has 4 nitrogen and oxygen atoms in total. The van der Waals surface area contributed by atoms with Gasteiger partial charge in [-0.2, -0.15) is 0 Å². The topological polar surface area (TPSA) is 58.4 Å². The Morgan fingerprint density at radius 1 is 1.47 bits per heavy atom. The van der Waals surface area contributed by atoms with Crippen LogP contribution in [0.4, 0.5) is 4.79 Å². The Kier molecular flexibility index (Phi) is 4.80. The van der Waals surface area contributed by atoms with E-state index < -0.39 is 0 Å². The van der Waals surface area contributed by atoms with Crippen LogP contribution in [-0.2, 0) is 0 Å². The van der Waals surface area contributed by atoms with Crippen LogP contribution in [0.25, 0.3) is 0 Å². The lowest BCUT2D eigenvalue weighted by atomic mass is 9.76. The van der Waals surface area contributed by atoms with E-state index in [1.165, 1.54) is 0 Å². The first-order chi connectivity index (χ1) is 7.91. The molecule has 0 aliphatic heterocycles. The molecule has 100 valence electrons. The average Bonchev–Trinajstić information content (AvgIpc) is 2.29. The summed E-state index contributed by atoms with van der Waals surface area (Å²) in [7, 11) is 1.88. The lowest BCUT2D eigenvalue weighted by Gasteiger charge is -2.45. The molecule has 0 aromatic heterocycles.